The summed E-state index contributed by atoms with van der Waals surface area (Å²) in [6.45, 7) is 0. The van der Waals surface area contributed by atoms with E-state index in [1.165, 1.54) is 3.57 Å². The molecule has 2 nitrogen and oxygen atoms in total. The molecule has 2 N–H and O–H groups in total. The third-order valence-corrected chi connectivity index (χ3v) is 2.50. The fourth-order valence-electron chi connectivity index (χ4n) is 1.09. The standard InChI is InChI=1S/C7H7IN2S/c8-4-1-2-5-6(3-4)10-7(11)9-5/h1-3,7,9-11H. The van der Waals surface area contributed by atoms with E-state index in [0.29, 0.717) is 0 Å². The Hall–Kier alpha value is -0.100. The van der Waals surface area contributed by atoms with Gasteiger partial charge >= 0.3 is 0 Å². The van der Waals surface area contributed by atoms with Crippen LogP contribution in [0.25, 0.3) is 0 Å². The minimum Gasteiger partial charge on any atom is -0.355 e. The van der Waals surface area contributed by atoms with Gasteiger partial charge in [-0.25, -0.2) is 0 Å². The summed E-state index contributed by atoms with van der Waals surface area (Å²) in [6, 6.07) is 6.22. The minimum absolute atomic E-state index is 0.0585. The zero-order valence-corrected chi connectivity index (χ0v) is 8.69. The molecule has 11 heavy (non-hydrogen) atoms. The van der Waals surface area contributed by atoms with Gasteiger partial charge in [0.2, 0.25) is 0 Å². The van der Waals surface area contributed by atoms with E-state index in [0.717, 1.165) is 11.4 Å². The number of hydrogen-bond acceptors (Lipinski definition) is 3. The number of fused-ring (bicyclic) bond motifs is 1. The highest BCUT2D eigenvalue weighted by molar-refractivity contribution is 14.1. The van der Waals surface area contributed by atoms with Gasteiger partial charge in [-0.3, -0.25) is 0 Å². The average molecular weight is 278 g/mol. The molecule has 0 aromatic heterocycles. The number of benzene rings is 1. The normalized spacial score (nSPS) is 20.4. The van der Waals surface area contributed by atoms with Crippen molar-refractivity contribution in [2.24, 2.45) is 0 Å². The summed E-state index contributed by atoms with van der Waals surface area (Å²) in [5.41, 5.74) is 2.32. The van der Waals surface area contributed by atoms with E-state index in [9.17, 15) is 0 Å². The molecule has 1 aromatic rings. The van der Waals surface area contributed by atoms with E-state index in [4.69, 9.17) is 0 Å². The summed E-state index contributed by atoms with van der Waals surface area (Å²) in [5.74, 6) is 0. The van der Waals surface area contributed by atoms with Gasteiger partial charge in [0.25, 0.3) is 0 Å². The highest BCUT2D eigenvalue weighted by Gasteiger charge is 2.14. The molecule has 1 atom stereocenters. The Bertz CT molecular complexity index is 290. The summed E-state index contributed by atoms with van der Waals surface area (Å²) in [6.07, 6.45) is 0. The highest BCUT2D eigenvalue weighted by Crippen LogP contribution is 2.30. The molecular weight excluding hydrogens is 271 g/mol. The molecule has 0 saturated heterocycles. The summed E-state index contributed by atoms with van der Waals surface area (Å²) in [7, 11) is 0. The molecule has 0 saturated carbocycles. The number of rotatable bonds is 0. The number of anilines is 2. The molecule has 1 aliphatic rings. The largest absolute Gasteiger partial charge is 0.355 e. The Morgan fingerprint density at radius 3 is 2.82 bits per heavy atom. The molecule has 1 heterocycles. The molecule has 1 aliphatic heterocycles. The lowest BCUT2D eigenvalue weighted by Gasteiger charge is -2.00. The molecule has 2 rings (SSSR count). The Morgan fingerprint density at radius 1 is 1.27 bits per heavy atom. The first-order valence-electron chi connectivity index (χ1n) is 3.26. The van der Waals surface area contributed by atoms with E-state index in [2.05, 4.69) is 64.1 Å². The summed E-state index contributed by atoms with van der Waals surface area (Å²) >= 11 is 6.53. The van der Waals surface area contributed by atoms with Crippen LogP contribution >= 0.6 is 35.2 Å². The van der Waals surface area contributed by atoms with E-state index < -0.39 is 0 Å². The maximum atomic E-state index is 4.25. The van der Waals surface area contributed by atoms with Crippen molar-refractivity contribution in [3.05, 3.63) is 21.8 Å². The van der Waals surface area contributed by atoms with Crippen molar-refractivity contribution < 1.29 is 0 Å². The van der Waals surface area contributed by atoms with Crippen molar-refractivity contribution in [2.75, 3.05) is 10.6 Å². The van der Waals surface area contributed by atoms with Gasteiger partial charge in [0.1, 0.15) is 5.50 Å². The Labute approximate surface area is 84.3 Å². The Kier molecular flexibility index (Phi) is 1.88. The van der Waals surface area contributed by atoms with Crippen molar-refractivity contribution in [2.45, 2.75) is 5.50 Å². The second-order valence-corrected chi connectivity index (χ2v) is 4.14. The van der Waals surface area contributed by atoms with Crippen LogP contribution in [0.3, 0.4) is 0 Å². The first-order valence-corrected chi connectivity index (χ1v) is 4.86. The first kappa shape index (κ1) is 7.54. The van der Waals surface area contributed by atoms with Gasteiger partial charge in [-0.1, -0.05) is 0 Å². The van der Waals surface area contributed by atoms with Gasteiger partial charge in [-0.2, -0.15) is 0 Å². The molecule has 0 spiro atoms. The van der Waals surface area contributed by atoms with E-state index in [1.54, 1.807) is 0 Å². The van der Waals surface area contributed by atoms with Gasteiger partial charge in [0.15, 0.2) is 0 Å². The molecular formula is C7H7IN2S. The summed E-state index contributed by atoms with van der Waals surface area (Å²) in [4.78, 5) is 0. The fraction of sp³-hybridized carbons (Fsp3) is 0.143. The van der Waals surface area contributed by atoms with Crippen LogP contribution < -0.4 is 10.6 Å². The van der Waals surface area contributed by atoms with Gasteiger partial charge in [-0.05, 0) is 40.8 Å². The van der Waals surface area contributed by atoms with Gasteiger partial charge in [0, 0.05) is 3.57 Å². The monoisotopic (exact) mass is 278 g/mol. The van der Waals surface area contributed by atoms with Crippen molar-refractivity contribution in [1.82, 2.24) is 0 Å². The zero-order valence-electron chi connectivity index (χ0n) is 5.63. The minimum atomic E-state index is 0.0585. The Balaban J connectivity index is 2.43. The molecule has 0 radical (unpaired) electrons. The lowest BCUT2D eigenvalue weighted by Crippen LogP contribution is -2.12. The molecule has 4 heteroatoms. The maximum absolute atomic E-state index is 4.25. The van der Waals surface area contributed by atoms with Crippen LogP contribution in [-0.2, 0) is 0 Å². The number of hydrogen-bond donors (Lipinski definition) is 3. The van der Waals surface area contributed by atoms with Crippen LogP contribution in [0, 0.1) is 3.57 Å². The van der Waals surface area contributed by atoms with Crippen LogP contribution in [-0.4, -0.2) is 5.50 Å². The van der Waals surface area contributed by atoms with Gasteiger partial charge < -0.3 is 10.6 Å². The molecule has 0 bridgehead atoms. The van der Waals surface area contributed by atoms with Crippen molar-refractivity contribution in [1.29, 1.82) is 0 Å². The second kappa shape index (κ2) is 2.75. The summed E-state index contributed by atoms with van der Waals surface area (Å²) < 4.78 is 1.23. The van der Waals surface area contributed by atoms with Crippen LogP contribution in [0.1, 0.15) is 0 Å². The third-order valence-electron chi connectivity index (χ3n) is 1.57. The van der Waals surface area contributed by atoms with Crippen LogP contribution in [0.5, 0.6) is 0 Å². The molecule has 1 unspecified atom stereocenters. The predicted octanol–water partition coefficient (Wildman–Crippen LogP) is 2.34. The van der Waals surface area contributed by atoms with Crippen molar-refractivity contribution in [3.8, 4) is 0 Å². The topological polar surface area (TPSA) is 24.1 Å². The molecule has 58 valence electrons. The predicted molar refractivity (Wildman–Crippen MR) is 59.2 cm³/mol. The lowest BCUT2D eigenvalue weighted by atomic mass is 10.3. The maximum Gasteiger partial charge on any atom is 0.143 e. The number of nitrogens with one attached hydrogen (secondary N) is 2. The van der Waals surface area contributed by atoms with E-state index in [-0.39, 0.29) is 5.50 Å². The van der Waals surface area contributed by atoms with E-state index >= 15 is 0 Å². The summed E-state index contributed by atoms with van der Waals surface area (Å²) in [5, 5.41) is 6.36. The van der Waals surface area contributed by atoms with Gasteiger partial charge in [0.05, 0.1) is 11.4 Å². The SMILES string of the molecule is SC1Nc2ccc(I)cc2N1. The quantitative estimate of drug-likeness (QED) is 0.501. The second-order valence-electron chi connectivity index (χ2n) is 2.38. The molecule has 0 amide bonds. The van der Waals surface area contributed by atoms with E-state index in [1.807, 2.05) is 0 Å². The molecule has 1 aromatic carbocycles. The molecule has 0 aliphatic carbocycles. The number of halogens is 1. The van der Waals surface area contributed by atoms with Crippen LogP contribution in [0.15, 0.2) is 18.2 Å². The van der Waals surface area contributed by atoms with Crippen LogP contribution in [0.4, 0.5) is 11.4 Å². The highest BCUT2D eigenvalue weighted by atomic mass is 127. The van der Waals surface area contributed by atoms with Crippen LogP contribution in [0.2, 0.25) is 0 Å². The smallest absolute Gasteiger partial charge is 0.143 e. The lowest BCUT2D eigenvalue weighted by molar-refractivity contribution is 1.22. The van der Waals surface area contributed by atoms with Gasteiger partial charge in [-0.15, -0.1) is 12.6 Å². The first-order chi connectivity index (χ1) is 5.25. The fourth-order valence-corrected chi connectivity index (χ4v) is 1.86. The Morgan fingerprint density at radius 2 is 2.00 bits per heavy atom. The van der Waals surface area contributed by atoms with Crippen molar-refractivity contribution >= 4 is 46.6 Å². The number of thiol groups is 1. The third kappa shape index (κ3) is 1.41. The zero-order chi connectivity index (χ0) is 7.84. The van der Waals surface area contributed by atoms with Crippen molar-refractivity contribution in [3.63, 3.8) is 0 Å². The average Bonchev–Trinajstić information content (AvgIpc) is 2.27. The molecule has 0 fully saturated rings.